The minimum Gasteiger partial charge on any atom is -0.507 e. The molecule has 5 heteroatoms. The maximum absolute atomic E-state index is 12.2. The first-order chi connectivity index (χ1) is 10.1. The van der Waals surface area contributed by atoms with Crippen molar-refractivity contribution >= 4 is 5.78 Å². The Labute approximate surface area is 121 Å². The molecule has 0 aromatic heterocycles. The molecule has 0 saturated carbocycles. The van der Waals surface area contributed by atoms with E-state index >= 15 is 0 Å². The maximum atomic E-state index is 12.2. The SMILES string of the molecule is O=C1CC(c2ccccc2)Oc2c(O)c(CO)cc(O)c21. The lowest BCUT2D eigenvalue weighted by Crippen LogP contribution is -2.21. The minimum absolute atomic E-state index is 0.0307. The lowest BCUT2D eigenvalue weighted by Gasteiger charge is -2.27. The Kier molecular flexibility index (Phi) is 3.27. The van der Waals surface area contributed by atoms with Crippen LogP contribution in [-0.2, 0) is 6.61 Å². The first-order valence-corrected chi connectivity index (χ1v) is 6.55. The Hall–Kier alpha value is -2.53. The van der Waals surface area contributed by atoms with Gasteiger partial charge in [0, 0.05) is 5.56 Å². The van der Waals surface area contributed by atoms with Crippen molar-refractivity contribution in [1.82, 2.24) is 0 Å². The molecule has 0 aliphatic carbocycles. The van der Waals surface area contributed by atoms with Crippen LogP contribution in [0, 0.1) is 0 Å². The largest absolute Gasteiger partial charge is 0.507 e. The van der Waals surface area contributed by atoms with E-state index in [9.17, 15) is 20.1 Å². The summed E-state index contributed by atoms with van der Waals surface area (Å²) in [5.41, 5.74) is 0.898. The fourth-order valence-corrected chi connectivity index (χ4v) is 2.50. The topological polar surface area (TPSA) is 87.0 Å². The summed E-state index contributed by atoms with van der Waals surface area (Å²) in [7, 11) is 0. The van der Waals surface area contributed by atoms with Crippen LogP contribution in [0.2, 0.25) is 0 Å². The molecule has 0 amide bonds. The van der Waals surface area contributed by atoms with Gasteiger partial charge in [0.05, 0.1) is 13.0 Å². The van der Waals surface area contributed by atoms with E-state index in [2.05, 4.69) is 0 Å². The molecule has 0 saturated heterocycles. The van der Waals surface area contributed by atoms with E-state index in [1.807, 2.05) is 30.3 Å². The van der Waals surface area contributed by atoms with Crippen LogP contribution in [0.5, 0.6) is 17.2 Å². The average molecular weight is 286 g/mol. The number of benzene rings is 2. The molecule has 0 bridgehead atoms. The molecule has 5 nitrogen and oxygen atoms in total. The van der Waals surface area contributed by atoms with Gasteiger partial charge in [-0.2, -0.15) is 0 Å². The number of aliphatic hydroxyl groups excluding tert-OH is 1. The van der Waals surface area contributed by atoms with Crippen LogP contribution in [0.1, 0.15) is 34.0 Å². The molecule has 0 radical (unpaired) electrons. The first-order valence-electron chi connectivity index (χ1n) is 6.55. The van der Waals surface area contributed by atoms with E-state index in [0.29, 0.717) is 0 Å². The van der Waals surface area contributed by atoms with Crippen molar-refractivity contribution in [3.05, 3.63) is 53.1 Å². The van der Waals surface area contributed by atoms with E-state index in [0.717, 1.165) is 5.56 Å². The molecular weight excluding hydrogens is 272 g/mol. The van der Waals surface area contributed by atoms with Gasteiger partial charge in [-0.15, -0.1) is 0 Å². The second-order valence-electron chi connectivity index (χ2n) is 4.91. The van der Waals surface area contributed by atoms with Gasteiger partial charge in [-0.1, -0.05) is 30.3 Å². The van der Waals surface area contributed by atoms with Crippen LogP contribution >= 0.6 is 0 Å². The van der Waals surface area contributed by atoms with E-state index in [-0.39, 0.29) is 40.6 Å². The van der Waals surface area contributed by atoms with Crippen LogP contribution in [0.25, 0.3) is 0 Å². The molecule has 1 aliphatic rings. The zero-order valence-corrected chi connectivity index (χ0v) is 11.1. The van der Waals surface area contributed by atoms with Gasteiger partial charge in [-0.3, -0.25) is 4.79 Å². The number of phenols is 2. The Morgan fingerprint density at radius 3 is 2.57 bits per heavy atom. The fraction of sp³-hybridized carbons (Fsp3) is 0.188. The molecule has 3 rings (SSSR count). The summed E-state index contributed by atoms with van der Waals surface area (Å²) >= 11 is 0. The summed E-state index contributed by atoms with van der Waals surface area (Å²) in [6.45, 7) is -0.458. The zero-order chi connectivity index (χ0) is 15.0. The summed E-state index contributed by atoms with van der Waals surface area (Å²) in [6.07, 6.45) is -0.437. The number of ketones is 1. The normalized spacial score (nSPS) is 17.2. The molecule has 1 heterocycles. The first kappa shape index (κ1) is 13.5. The van der Waals surface area contributed by atoms with Crippen LogP contribution < -0.4 is 4.74 Å². The van der Waals surface area contributed by atoms with Gasteiger partial charge in [-0.25, -0.2) is 0 Å². The molecule has 1 unspecified atom stereocenters. The number of hydrogen-bond acceptors (Lipinski definition) is 5. The Morgan fingerprint density at radius 1 is 1.19 bits per heavy atom. The number of carbonyl (C=O) groups excluding carboxylic acids is 1. The Morgan fingerprint density at radius 2 is 1.90 bits per heavy atom. The van der Waals surface area contributed by atoms with E-state index in [1.165, 1.54) is 6.07 Å². The van der Waals surface area contributed by atoms with Gasteiger partial charge in [0.15, 0.2) is 17.3 Å². The highest BCUT2D eigenvalue weighted by atomic mass is 16.5. The number of ether oxygens (including phenoxy) is 1. The van der Waals surface area contributed by atoms with E-state index in [1.54, 1.807) is 0 Å². The van der Waals surface area contributed by atoms with Crippen LogP contribution in [0.4, 0.5) is 0 Å². The highest BCUT2D eigenvalue weighted by Crippen LogP contribution is 2.46. The van der Waals surface area contributed by atoms with Crippen molar-refractivity contribution < 1.29 is 24.9 Å². The summed E-state index contributed by atoms with van der Waals surface area (Å²) in [5.74, 6) is -0.964. The highest BCUT2D eigenvalue weighted by Gasteiger charge is 2.33. The molecule has 0 fully saturated rings. The summed E-state index contributed by atoms with van der Waals surface area (Å²) in [4.78, 5) is 12.2. The number of rotatable bonds is 2. The summed E-state index contributed by atoms with van der Waals surface area (Å²) in [6, 6.07) is 10.4. The van der Waals surface area contributed by atoms with Gasteiger partial charge < -0.3 is 20.1 Å². The summed E-state index contributed by atoms with van der Waals surface area (Å²) in [5, 5.41) is 29.2. The molecular formula is C16H14O5. The number of phenolic OH excluding ortho intramolecular Hbond substituents is 1. The third-order valence-electron chi connectivity index (χ3n) is 3.56. The third-order valence-corrected chi connectivity index (χ3v) is 3.56. The molecule has 21 heavy (non-hydrogen) atoms. The van der Waals surface area contributed by atoms with E-state index < -0.39 is 12.7 Å². The lowest BCUT2D eigenvalue weighted by atomic mass is 9.94. The number of aromatic hydroxyl groups is 2. The van der Waals surface area contributed by atoms with Gasteiger partial charge in [-0.05, 0) is 11.6 Å². The van der Waals surface area contributed by atoms with Gasteiger partial charge in [0.25, 0.3) is 0 Å². The number of carbonyl (C=O) groups is 1. The predicted molar refractivity (Wildman–Crippen MR) is 74.5 cm³/mol. The third kappa shape index (κ3) is 2.21. The van der Waals surface area contributed by atoms with Crippen LogP contribution in [0.3, 0.4) is 0 Å². The van der Waals surface area contributed by atoms with Crippen molar-refractivity contribution in [2.75, 3.05) is 0 Å². The molecule has 1 atom stereocenters. The molecule has 108 valence electrons. The second kappa shape index (κ2) is 5.10. The number of fused-ring (bicyclic) bond motifs is 1. The van der Waals surface area contributed by atoms with Crippen molar-refractivity contribution in [2.45, 2.75) is 19.1 Å². The van der Waals surface area contributed by atoms with E-state index in [4.69, 9.17) is 4.74 Å². The van der Waals surface area contributed by atoms with Crippen LogP contribution in [-0.4, -0.2) is 21.1 Å². The van der Waals surface area contributed by atoms with Gasteiger partial charge in [0.1, 0.15) is 17.4 Å². The molecule has 2 aromatic rings. The standard InChI is InChI=1S/C16H14O5/c17-8-10-6-11(18)14-12(19)7-13(21-16(14)15(10)20)9-4-2-1-3-5-9/h1-6,13,17-18,20H,7-8H2. The smallest absolute Gasteiger partial charge is 0.176 e. The van der Waals surface area contributed by atoms with Crippen molar-refractivity contribution in [3.63, 3.8) is 0 Å². The van der Waals surface area contributed by atoms with Crippen molar-refractivity contribution in [2.24, 2.45) is 0 Å². The fourth-order valence-electron chi connectivity index (χ4n) is 2.50. The van der Waals surface area contributed by atoms with Crippen molar-refractivity contribution in [3.8, 4) is 17.2 Å². The summed E-state index contributed by atoms with van der Waals surface area (Å²) < 4.78 is 5.70. The average Bonchev–Trinajstić information content (AvgIpc) is 2.51. The second-order valence-corrected chi connectivity index (χ2v) is 4.91. The van der Waals surface area contributed by atoms with Crippen molar-refractivity contribution in [1.29, 1.82) is 0 Å². The Balaban J connectivity index is 2.09. The molecule has 0 spiro atoms. The monoisotopic (exact) mass is 286 g/mol. The minimum atomic E-state index is -0.523. The van der Waals surface area contributed by atoms with Gasteiger partial charge >= 0.3 is 0 Å². The van der Waals surface area contributed by atoms with Crippen LogP contribution in [0.15, 0.2) is 36.4 Å². The number of hydrogen-bond donors (Lipinski definition) is 3. The van der Waals surface area contributed by atoms with Gasteiger partial charge in [0.2, 0.25) is 0 Å². The quantitative estimate of drug-likeness (QED) is 0.737. The molecule has 1 aliphatic heterocycles. The number of aliphatic hydroxyl groups is 1. The lowest BCUT2D eigenvalue weighted by molar-refractivity contribution is 0.0836. The predicted octanol–water partition coefficient (Wildman–Crippen LogP) is 2.30. The zero-order valence-electron chi connectivity index (χ0n) is 11.1. The molecule has 2 aromatic carbocycles. The Bertz CT molecular complexity index is 694. The molecule has 3 N–H and O–H groups in total. The highest BCUT2D eigenvalue weighted by molar-refractivity contribution is 6.03. The maximum Gasteiger partial charge on any atom is 0.176 e. The number of Topliss-reactive ketones (excluding diaryl/α,β-unsaturated/α-hetero) is 1.